The Morgan fingerprint density at radius 2 is 1.90 bits per heavy atom. The Morgan fingerprint density at radius 3 is 2.48 bits per heavy atom. The maximum atomic E-state index is 12.2. The lowest BCUT2D eigenvalue weighted by Gasteiger charge is -2.03. The topological polar surface area (TPSA) is 68.1 Å². The maximum absolute atomic E-state index is 12.2. The highest BCUT2D eigenvalue weighted by Gasteiger charge is 2.14. The van der Waals surface area contributed by atoms with Crippen LogP contribution in [0.5, 0.6) is 0 Å². The van der Waals surface area contributed by atoms with E-state index >= 15 is 0 Å². The first-order valence-corrected chi connectivity index (χ1v) is 6.91. The zero-order chi connectivity index (χ0) is 15.6. The summed E-state index contributed by atoms with van der Waals surface area (Å²) in [6.07, 6.45) is 5.31. The van der Waals surface area contributed by atoms with E-state index in [1.807, 2.05) is 17.8 Å². The summed E-state index contributed by atoms with van der Waals surface area (Å²) >= 11 is 3.00. The van der Waals surface area contributed by atoms with Gasteiger partial charge in [0.15, 0.2) is 0 Å². The summed E-state index contributed by atoms with van der Waals surface area (Å²) in [7, 11) is 3.61. The van der Waals surface area contributed by atoms with E-state index in [0.717, 1.165) is 0 Å². The number of anilines is 2. The minimum atomic E-state index is -0.351. The van der Waals surface area contributed by atoms with Crippen LogP contribution >= 0.6 is 15.9 Å². The van der Waals surface area contributed by atoms with Crippen LogP contribution in [-0.2, 0) is 18.9 Å². The number of aryl methyl sites for hydroxylation is 2. The first-order chi connectivity index (χ1) is 9.86. The van der Waals surface area contributed by atoms with Crippen molar-refractivity contribution in [3.05, 3.63) is 47.5 Å². The van der Waals surface area contributed by atoms with Gasteiger partial charge in [0.05, 0.1) is 15.9 Å². The Kier molecular flexibility index (Phi) is 4.32. The van der Waals surface area contributed by atoms with Crippen molar-refractivity contribution < 1.29 is 9.59 Å². The van der Waals surface area contributed by atoms with Gasteiger partial charge in [-0.3, -0.25) is 9.59 Å². The van der Waals surface area contributed by atoms with E-state index in [1.165, 1.54) is 0 Å². The fourth-order valence-corrected chi connectivity index (χ4v) is 1.93. The smallest absolute Gasteiger partial charge is 0.272 e. The van der Waals surface area contributed by atoms with Crippen LogP contribution < -0.4 is 10.6 Å². The van der Waals surface area contributed by atoms with Gasteiger partial charge in [-0.2, -0.15) is 0 Å². The highest BCUT2D eigenvalue weighted by atomic mass is 79.9. The molecule has 0 aromatic carbocycles. The summed E-state index contributed by atoms with van der Waals surface area (Å²) in [5, 5.41) is 5.42. The van der Waals surface area contributed by atoms with Crippen molar-refractivity contribution in [2.75, 3.05) is 10.6 Å². The van der Waals surface area contributed by atoms with E-state index in [9.17, 15) is 9.59 Å². The molecule has 7 heteroatoms. The van der Waals surface area contributed by atoms with Gasteiger partial charge in [0.25, 0.3) is 11.8 Å². The molecule has 2 rings (SSSR count). The van der Waals surface area contributed by atoms with Crippen LogP contribution in [0.2, 0.25) is 0 Å². The van der Waals surface area contributed by atoms with Gasteiger partial charge in [0.1, 0.15) is 5.69 Å². The average molecular weight is 351 g/mol. The number of amides is 2. The van der Waals surface area contributed by atoms with Crippen molar-refractivity contribution in [2.24, 2.45) is 14.1 Å². The Hall–Kier alpha value is -2.28. The van der Waals surface area contributed by atoms with Crippen molar-refractivity contribution in [1.82, 2.24) is 9.13 Å². The maximum Gasteiger partial charge on any atom is 0.272 e. The molecular formula is C14H15BrN4O2. The number of hydrogen-bond acceptors (Lipinski definition) is 2. The molecule has 0 atom stereocenters. The Bertz CT molecular complexity index is 714. The van der Waals surface area contributed by atoms with E-state index in [1.54, 1.807) is 36.1 Å². The van der Waals surface area contributed by atoms with Gasteiger partial charge >= 0.3 is 0 Å². The van der Waals surface area contributed by atoms with Crippen molar-refractivity contribution in [3.8, 4) is 0 Å². The molecule has 0 saturated carbocycles. The summed E-state index contributed by atoms with van der Waals surface area (Å²) in [6.45, 7) is 3.49. The van der Waals surface area contributed by atoms with Crippen LogP contribution in [0.15, 0.2) is 41.8 Å². The molecule has 6 nitrogen and oxygen atoms in total. The molecule has 0 bridgehead atoms. The van der Waals surface area contributed by atoms with Gasteiger partial charge in [-0.25, -0.2) is 0 Å². The molecule has 2 aromatic rings. The molecule has 0 aliphatic rings. The molecule has 0 radical (unpaired) electrons. The molecule has 0 aliphatic heterocycles. The summed E-state index contributed by atoms with van der Waals surface area (Å²) in [5.41, 5.74) is 1.68. The number of carbonyl (C=O) groups is 2. The third-order valence-electron chi connectivity index (χ3n) is 2.83. The van der Waals surface area contributed by atoms with Crippen LogP contribution in [0, 0.1) is 0 Å². The lowest BCUT2D eigenvalue weighted by atomic mass is 10.3. The molecule has 2 N–H and O–H groups in total. The number of aromatic nitrogens is 2. The fraction of sp³-hybridized carbons (Fsp3) is 0.143. The lowest BCUT2D eigenvalue weighted by molar-refractivity contribution is -0.112. The Labute approximate surface area is 130 Å². The molecule has 110 valence electrons. The van der Waals surface area contributed by atoms with Gasteiger partial charge in [-0.05, 0) is 28.1 Å². The Balaban J connectivity index is 2.13. The predicted molar refractivity (Wildman–Crippen MR) is 85.5 cm³/mol. The van der Waals surface area contributed by atoms with Crippen LogP contribution in [0.25, 0.3) is 0 Å². The SMILES string of the molecule is C=C(Br)C(=O)Nc1cc(C(=O)Nc2ccn(C)c2)n(C)c1. The summed E-state index contributed by atoms with van der Waals surface area (Å²) in [6, 6.07) is 3.41. The van der Waals surface area contributed by atoms with Crippen LogP contribution in [-0.4, -0.2) is 20.9 Å². The minimum Gasteiger partial charge on any atom is -0.355 e. The number of carbonyl (C=O) groups excluding carboxylic acids is 2. The molecule has 0 aliphatic carbocycles. The van der Waals surface area contributed by atoms with E-state index in [2.05, 4.69) is 33.1 Å². The van der Waals surface area contributed by atoms with Crippen LogP contribution in [0.1, 0.15) is 10.5 Å². The van der Waals surface area contributed by atoms with Crippen molar-refractivity contribution in [2.45, 2.75) is 0 Å². The van der Waals surface area contributed by atoms with Crippen LogP contribution in [0.4, 0.5) is 11.4 Å². The third kappa shape index (κ3) is 3.63. The standard InChI is InChI=1S/C14H15BrN4O2/c1-9(15)13(20)17-11-6-12(19(3)8-11)14(21)16-10-4-5-18(2)7-10/h4-8H,1H2,2-3H3,(H,16,21)(H,17,20). The molecule has 2 aromatic heterocycles. The fourth-order valence-electron chi connectivity index (χ4n) is 1.83. The molecule has 2 heterocycles. The van der Waals surface area contributed by atoms with Gasteiger partial charge in [0.2, 0.25) is 0 Å². The lowest BCUT2D eigenvalue weighted by Crippen LogP contribution is -2.14. The second-order valence-electron chi connectivity index (χ2n) is 4.60. The predicted octanol–water partition coefficient (Wildman–Crippen LogP) is 2.46. The van der Waals surface area contributed by atoms with Crippen molar-refractivity contribution >= 4 is 39.1 Å². The largest absolute Gasteiger partial charge is 0.355 e. The van der Waals surface area contributed by atoms with Gasteiger partial charge in [-0.15, -0.1) is 0 Å². The number of nitrogens with zero attached hydrogens (tertiary/aromatic N) is 2. The Morgan fingerprint density at radius 1 is 1.19 bits per heavy atom. The first-order valence-electron chi connectivity index (χ1n) is 6.12. The third-order valence-corrected chi connectivity index (χ3v) is 3.19. The molecule has 2 amide bonds. The van der Waals surface area contributed by atoms with Crippen LogP contribution in [0.3, 0.4) is 0 Å². The number of rotatable bonds is 4. The molecular weight excluding hydrogens is 336 g/mol. The van der Waals surface area contributed by atoms with Crippen molar-refractivity contribution in [1.29, 1.82) is 0 Å². The average Bonchev–Trinajstić information content (AvgIpc) is 2.95. The van der Waals surface area contributed by atoms with Gasteiger partial charge in [-0.1, -0.05) is 6.58 Å². The zero-order valence-electron chi connectivity index (χ0n) is 11.7. The molecule has 0 unspecified atom stereocenters. The van der Waals surface area contributed by atoms with Crippen molar-refractivity contribution in [3.63, 3.8) is 0 Å². The number of halogens is 1. The van der Waals surface area contributed by atoms with Gasteiger partial charge < -0.3 is 19.8 Å². The second kappa shape index (κ2) is 6.01. The van der Waals surface area contributed by atoms with E-state index in [4.69, 9.17) is 0 Å². The minimum absolute atomic E-state index is 0.224. The molecule has 21 heavy (non-hydrogen) atoms. The van der Waals surface area contributed by atoms with E-state index in [-0.39, 0.29) is 16.3 Å². The number of nitrogens with one attached hydrogen (secondary N) is 2. The summed E-state index contributed by atoms with van der Waals surface area (Å²) in [4.78, 5) is 23.7. The van der Waals surface area contributed by atoms with E-state index < -0.39 is 0 Å². The highest BCUT2D eigenvalue weighted by Crippen LogP contribution is 2.16. The molecule has 0 saturated heterocycles. The van der Waals surface area contributed by atoms with E-state index in [0.29, 0.717) is 17.1 Å². The highest BCUT2D eigenvalue weighted by molar-refractivity contribution is 9.12. The molecule has 0 fully saturated rings. The number of hydrogen-bond donors (Lipinski definition) is 2. The van der Waals surface area contributed by atoms with Gasteiger partial charge in [0, 0.05) is 32.7 Å². The quantitative estimate of drug-likeness (QED) is 0.831. The normalized spacial score (nSPS) is 10.2. The summed E-state index contributed by atoms with van der Waals surface area (Å²) < 4.78 is 3.71. The zero-order valence-corrected chi connectivity index (χ0v) is 13.3. The molecule has 0 spiro atoms. The summed E-state index contributed by atoms with van der Waals surface area (Å²) in [5.74, 6) is -0.600. The second-order valence-corrected chi connectivity index (χ2v) is 5.56. The first kappa shape index (κ1) is 15.1. The monoisotopic (exact) mass is 350 g/mol.